The van der Waals surface area contributed by atoms with Crippen molar-refractivity contribution in [1.82, 2.24) is 15.6 Å². The minimum absolute atomic E-state index is 0.138. The summed E-state index contributed by atoms with van der Waals surface area (Å²) in [6.45, 7) is 0.278. The largest absolute Gasteiger partial charge is 0.489 e. The molecule has 0 spiro atoms. The molecule has 0 aliphatic carbocycles. The molecule has 3 atom stereocenters. The Morgan fingerprint density at radius 3 is 2.38 bits per heavy atom. The second-order valence-corrected chi connectivity index (χ2v) is 7.77. The first-order chi connectivity index (χ1) is 16.2. The van der Waals surface area contributed by atoms with Crippen LogP contribution in [-0.4, -0.2) is 33.8 Å². The molecule has 3 N–H and O–H groups in total. The molecular weight excluding hydrogens is 451 g/mol. The number of amides is 2. The van der Waals surface area contributed by atoms with Gasteiger partial charge >= 0.3 is 12.2 Å². The number of urea groups is 1. The molecule has 1 saturated heterocycles. The van der Waals surface area contributed by atoms with Gasteiger partial charge in [0.1, 0.15) is 18.3 Å². The molecular formula is C24H20F3N3O4. The summed E-state index contributed by atoms with van der Waals surface area (Å²) >= 11 is 0. The first-order valence-electron chi connectivity index (χ1n) is 10.3. The van der Waals surface area contributed by atoms with Gasteiger partial charge in [0, 0.05) is 18.0 Å². The molecule has 1 aliphatic rings. The van der Waals surface area contributed by atoms with Crippen LogP contribution in [0, 0.1) is 5.92 Å². The minimum Gasteiger partial charge on any atom is -0.489 e. The smallest absolute Gasteiger partial charge is 0.437 e. The zero-order valence-corrected chi connectivity index (χ0v) is 17.6. The van der Waals surface area contributed by atoms with Crippen molar-refractivity contribution in [3.8, 4) is 5.75 Å². The number of alkyl halides is 3. The topological polar surface area (TPSA) is 101 Å². The number of benzene rings is 2. The fraction of sp³-hybridized carbons (Fsp3) is 0.208. The van der Waals surface area contributed by atoms with E-state index in [2.05, 4.69) is 10.3 Å². The van der Waals surface area contributed by atoms with Gasteiger partial charge in [0.25, 0.3) is 0 Å². The van der Waals surface area contributed by atoms with Crippen LogP contribution in [-0.2, 0) is 6.61 Å². The zero-order chi connectivity index (χ0) is 24.3. The Hall–Kier alpha value is -3.92. The third kappa shape index (κ3) is 4.58. The molecule has 7 nitrogen and oxygen atoms in total. The van der Waals surface area contributed by atoms with Crippen LogP contribution in [0.4, 0.5) is 18.0 Å². The van der Waals surface area contributed by atoms with Crippen molar-refractivity contribution in [2.75, 3.05) is 0 Å². The number of ketones is 1. The summed E-state index contributed by atoms with van der Waals surface area (Å²) in [6, 6.07) is 15.2. The van der Waals surface area contributed by atoms with E-state index >= 15 is 0 Å². The number of Topliss-reactive ketones (excluding diaryl/α,β-unsaturated/α-hetero) is 1. The summed E-state index contributed by atoms with van der Waals surface area (Å²) in [4.78, 5) is 29.0. The predicted octanol–water partition coefficient (Wildman–Crippen LogP) is 3.76. The number of nitrogens with one attached hydrogen (secondary N) is 2. The Labute approximate surface area is 192 Å². The highest BCUT2D eigenvalue weighted by atomic mass is 19.4. The molecule has 1 aromatic heterocycles. The summed E-state index contributed by atoms with van der Waals surface area (Å²) in [6.07, 6.45) is -2.86. The minimum atomic E-state index is -5.33. The van der Waals surface area contributed by atoms with Crippen molar-refractivity contribution in [3.63, 3.8) is 0 Å². The average Bonchev–Trinajstić information content (AvgIpc) is 2.83. The fourth-order valence-electron chi connectivity index (χ4n) is 3.82. The number of nitrogens with zero attached hydrogens (tertiary/aromatic N) is 1. The van der Waals surface area contributed by atoms with Crippen LogP contribution >= 0.6 is 0 Å². The molecule has 34 heavy (non-hydrogen) atoms. The van der Waals surface area contributed by atoms with E-state index in [9.17, 15) is 27.9 Å². The van der Waals surface area contributed by atoms with Crippen molar-refractivity contribution in [2.45, 2.75) is 24.6 Å². The van der Waals surface area contributed by atoms with Gasteiger partial charge in [0.15, 0.2) is 5.78 Å². The van der Waals surface area contributed by atoms with Gasteiger partial charge < -0.3 is 20.5 Å². The average molecular weight is 471 g/mol. The van der Waals surface area contributed by atoms with E-state index in [1.54, 1.807) is 0 Å². The number of pyridine rings is 1. The van der Waals surface area contributed by atoms with Crippen LogP contribution in [0.2, 0.25) is 0 Å². The second-order valence-electron chi connectivity index (χ2n) is 7.77. The molecule has 2 amide bonds. The maximum Gasteiger partial charge on any atom is 0.437 e. The highest BCUT2D eigenvalue weighted by Gasteiger charge is 2.66. The molecule has 2 aromatic carbocycles. The highest BCUT2D eigenvalue weighted by Crippen LogP contribution is 2.44. The van der Waals surface area contributed by atoms with Gasteiger partial charge in [-0.25, -0.2) is 4.79 Å². The van der Waals surface area contributed by atoms with Crippen molar-refractivity contribution in [2.24, 2.45) is 5.92 Å². The van der Waals surface area contributed by atoms with E-state index < -0.39 is 35.7 Å². The number of ether oxygens (including phenoxy) is 1. The van der Waals surface area contributed by atoms with Crippen molar-refractivity contribution in [1.29, 1.82) is 0 Å². The Balaban J connectivity index is 1.66. The van der Waals surface area contributed by atoms with Gasteiger partial charge in [-0.1, -0.05) is 42.5 Å². The van der Waals surface area contributed by atoms with E-state index in [-0.39, 0.29) is 17.7 Å². The Bertz CT molecular complexity index is 1160. The lowest BCUT2D eigenvalue weighted by Gasteiger charge is -2.45. The van der Waals surface area contributed by atoms with Crippen molar-refractivity contribution < 1.29 is 32.6 Å². The third-order valence-electron chi connectivity index (χ3n) is 5.52. The van der Waals surface area contributed by atoms with Crippen LogP contribution in [0.25, 0.3) is 0 Å². The SMILES string of the molecule is O=C1N[C@H](c2ccc(OCc3ccccc3)cc2)[C@H](C(=O)c2cccnc2)[C@](O)(C(F)(F)F)N1. The molecule has 3 aromatic rings. The first kappa shape index (κ1) is 23.2. The maximum absolute atomic E-state index is 14.0. The van der Waals surface area contributed by atoms with Crippen molar-refractivity contribution >= 4 is 11.8 Å². The highest BCUT2D eigenvalue weighted by molar-refractivity contribution is 6.00. The lowest BCUT2D eigenvalue weighted by atomic mass is 9.77. The lowest BCUT2D eigenvalue weighted by Crippen LogP contribution is -2.72. The number of halogens is 3. The van der Waals surface area contributed by atoms with E-state index in [0.29, 0.717) is 5.75 Å². The Kier molecular flexibility index (Phi) is 6.25. The Morgan fingerprint density at radius 2 is 1.76 bits per heavy atom. The molecule has 4 rings (SSSR count). The van der Waals surface area contributed by atoms with Gasteiger partial charge in [0.05, 0.1) is 6.04 Å². The van der Waals surface area contributed by atoms with E-state index in [1.165, 1.54) is 47.9 Å². The monoisotopic (exact) mass is 471 g/mol. The van der Waals surface area contributed by atoms with Crippen LogP contribution in [0.15, 0.2) is 79.1 Å². The molecule has 10 heteroatoms. The summed E-state index contributed by atoms with van der Waals surface area (Å²) < 4.78 is 47.6. The van der Waals surface area contributed by atoms with Gasteiger partial charge in [-0.05, 0) is 35.4 Å². The van der Waals surface area contributed by atoms with Gasteiger partial charge in [-0.2, -0.15) is 13.2 Å². The summed E-state index contributed by atoms with van der Waals surface area (Å²) in [5, 5.41) is 14.4. The van der Waals surface area contributed by atoms with E-state index in [4.69, 9.17) is 4.74 Å². The number of carbonyl (C=O) groups excluding carboxylic acids is 2. The van der Waals surface area contributed by atoms with Crippen LogP contribution in [0.1, 0.15) is 27.5 Å². The van der Waals surface area contributed by atoms with E-state index in [0.717, 1.165) is 11.8 Å². The maximum atomic E-state index is 14.0. The van der Waals surface area contributed by atoms with Crippen LogP contribution < -0.4 is 15.4 Å². The summed E-state index contributed by atoms with van der Waals surface area (Å²) in [5.41, 5.74) is -2.82. The van der Waals surface area contributed by atoms with Gasteiger partial charge in [-0.3, -0.25) is 9.78 Å². The molecule has 2 heterocycles. The fourth-order valence-corrected chi connectivity index (χ4v) is 3.82. The number of carbonyl (C=O) groups is 2. The van der Waals surface area contributed by atoms with Crippen LogP contribution in [0.5, 0.6) is 5.75 Å². The number of hydrogen-bond acceptors (Lipinski definition) is 5. The molecule has 1 aliphatic heterocycles. The third-order valence-corrected chi connectivity index (χ3v) is 5.52. The first-order valence-corrected chi connectivity index (χ1v) is 10.3. The molecule has 1 fully saturated rings. The van der Waals surface area contributed by atoms with Crippen LogP contribution in [0.3, 0.4) is 0 Å². The standard InChI is InChI=1S/C24H20F3N3O4/c25-24(26,27)23(33)19(21(31)17-7-4-12-28-13-17)20(29-22(32)30-23)16-8-10-18(11-9-16)34-14-15-5-2-1-3-6-15/h1-13,19-20,33H,14H2,(H2,29,30,32)/t19-,20-,23+/m1/s1. The quantitative estimate of drug-likeness (QED) is 0.476. The van der Waals surface area contributed by atoms with Crippen molar-refractivity contribution in [3.05, 3.63) is 95.8 Å². The number of aliphatic hydroxyl groups is 1. The van der Waals surface area contributed by atoms with Gasteiger partial charge in [-0.15, -0.1) is 0 Å². The number of aromatic nitrogens is 1. The van der Waals surface area contributed by atoms with E-state index in [1.807, 2.05) is 30.3 Å². The number of rotatable bonds is 6. The second kappa shape index (κ2) is 9.14. The molecule has 0 saturated carbocycles. The normalized spacial score (nSPS) is 22.4. The lowest BCUT2D eigenvalue weighted by molar-refractivity contribution is -0.287. The number of hydrogen-bond donors (Lipinski definition) is 3. The summed E-state index contributed by atoms with van der Waals surface area (Å²) in [7, 11) is 0. The molecule has 0 bridgehead atoms. The summed E-state index contributed by atoms with van der Waals surface area (Å²) in [5.74, 6) is -2.71. The predicted molar refractivity (Wildman–Crippen MR) is 115 cm³/mol. The Morgan fingerprint density at radius 1 is 1.06 bits per heavy atom. The van der Waals surface area contributed by atoms with Gasteiger partial charge in [0.2, 0.25) is 5.72 Å². The zero-order valence-electron chi connectivity index (χ0n) is 17.6. The molecule has 176 valence electrons. The molecule has 0 unspecified atom stereocenters. The molecule has 0 radical (unpaired) electrons.